The summed E-state index contributed by atoms with van der Waals surface area (Å²) in [7, 11) is 0. The van der Waals surface area contributed by atoms with Gasteiger partial charge >= 0.3 is 0 Å². The van der Waals surface area contributed by atoms with Crippen molar-refractivity contribution in [2.75, 3.05) is 0 Å². The number of hydrogen-bond donors (Lipinski definition) is 0. The smallest absolute Gasteiger partial charge is 0.160 e. The third kappa shape index (κ3) is 5.24. The molecule has 0 saturated carbocycles. The maximum atomic E-state index is 5.17. The molecule has 0 radical (unpaired) electrons. The molecule has 0 aliphatic carbocycles. The van der Waals surface area contributed by atoms with Gasteiger partial charge in [-0.25, -0.2) is 9.97 Å². The number of aromatic nitrogens is 4. The Balaban J connectivity index is 0.996. The van der Waals surface area contributed by atoms with Gasteiger partial charge in [0.1, 0.15) is 0 Å². The maximum absolute atomic E-state index is 5.17. The summed E-state index contributed by atoms with van der Waals surface area (Å²) in [4.78, 5) is 10.2. The number of benzene rings is 9. The largest absolute Gasteiger partial charge is 0.309 e. The van der Waals surface area contributed by atoms with Crippen LogP contribution in [-0.2, 0) is 0 Å². The van der Waals surface area contributed by atoms with E-state index in [0.29, 0.717) is 5.82 Å². The lowest BCUT2D eigenvalue weighted by Crippen LogP contribution is -1.97. The first-order chi connectivity index (χ1) is 30.2. The molecule has 0 fully saturated rings. The molecular weight excluding hydrogens is 761 g/mol. The highest BCUT2D eigenvalue weighted by molar-refractivity contribution is 7.26. The summed E-state index contributed by atoms with van der Waals surface area (Å²) < 4.78 is 7.43. The van der Waals surface area contributed by atoms with Crippen LogP contribution in [0, 0.1) is 0 Å². The van der Waals surface area contributed by atoms with E-state index < -0.39 is 0 Å². The Morgan fingerprint density at radius 1 is 0.344 bits per heavy atom. The molecule has 4 heterocycles. The van der Waals surface area contributed by atoms with Crippen LogP contribution in [0.1, 0.15) is 0 Å². The van der Waals surface area contributed by atoms with E-state index >= 15 is 0 Å². The fraction of sp³-hybridized carbons (Fsp3) is 0. The quantitative estimate of drug-likeness (QED) is 0.174. The van der Waals surface area contributed by atoms with Gasteiger partial charge in [0.15, 0.2) is 5.82 Å². The summed E-state index contributed by atoms with van der Waals surface area (Å²) in [5, 5.41) is 8.60. The molecule has 4 aromatic heterocycles. The molecule has 0 aliphatic rings. The Morgan fingerprint density at radius 3 is 1.70 bits per heavy atom. The van der Waals surface area contributed by atoms with E-state index in [1.165, 1.54) is 74.9 Å². The standard InChI is InChI=1S/C56H34N4S/c1-3-13-35(14-4-1)53-45-19-7-10-20-48(45)57-56(58-53)36-23-27-40(28-24-36)60-51-32-26-38(34-47(51)43-29-30-44-42-18-9-12-22-52(42)61-55(44)54(43)60)37-25-31-50-46(33-37)41-17-8-11-21-49(41)59(50)39-15-5-2-6-16-39/h1-34H. The molecule has 284 valence electrons. The number of fused-ring (bicyclic) bond motifs is 11. The summed E-state index contributed by atoms with van der Waals surface area (Å²) in [6.45, 7) is 0. The molecule has 0 N–H and O–H groups in total. The van der Waals surface area contributed by atoms with E-state index in [4.69, 9.17) is 9.97 Å². The minimum Gasteiger partial charge on any atom is -0.309 e. The molecule has 9 aromatic carbocycles. The predicted octanol–water partition coefficient (Wildman–Crippen LogP) is 15.2. The number of para-hydroxylation sites is 3. The van der Waals surface area contributed by atoms with E-state index in [9.17, 15) is 0 Å². The fourth-order valence-corrected chi connectivity index (χ4v) is 10.8. The first-order valence-corrected chi connectivity index (χ1v) is 21.5. The average Bonchev–Trinajstić information content (AvgIpc) is 3.99. The van der Waals surface area contributed by atoms with Crippen molar-refractivity contribution in [3.05, 3.63) is 206 Å². The molecular formula is C56H34N4S. The first-order valence-electron chi connectivity index (χ1n) is 20.7. The lowest BCUT2D eigenvalue weighted by molar-refractivity contribution is 1.18. The zero-order chi connectivity index (χ0) is 40.0. The number of hydrogen-bond acceptors (Lipinski definition) is 3. The van der Waals surface area contributed by atoms with Gasteiger partial charge in [0, 0.05) is 64.9 Å². The summed E-state index contributed by atoms with van der Waals surface area (Å²) in [6.07, 6.45) is 0. The van der Waals surface area contributed by atoms with Crippen LogP contribution in [-0.4, -0.2) is 19.1 Å². The van der Waals surface area contributed by atoms with Crippen molar-refractivity contribution in [1.82, 2.24) is 19.1 Å². The van der Waals surface area contributed by atoms with E-state index in [2.05, 4.69) is 203 Å². The van der Waals surface area contributed by atoms with Gasteiger partial charge in [-0.15, -0.1) is 11.3 Å². The second-order valence-corrected chi connectivity index (χ2v) is 16.8. The van der Waals surface area contributed by atoms with Crippen molar-refractivity contribution in [2.45, 2.75) is 0 Å². The molecule has 0 amide bonds. The highest BCUT2D eigenvalue weighted by Gasteiger charge is 2.20. The molecule has 13 aromatic rings. The predicted molar refractivity (Wildman–Crippen MR) is 257 cm³/mol. The average molecular weight is 795 g/mol. The third-order valence-corrected chi connectivity index (χ3v) is 13.5. The Bertz CT molecular complexity index is 3860. The Kier molecular flexibility index (Phi) is 7.44. The van der Waals surface area contributed by atoms with Crippen LogP contribution in [0.3, 0.4) is 0 Å². The van der Waals surface area contributed by atoms with Gasteiger partial charge in [-0.2, -0.15) is 0 Å². The third-order valence-electron chi connectivity index (χ3n) is 12.3. The maximum Gasteiger partial charge on any atom is 0.160 e. The number of thiophene rings is 1. The summed E-state index contributed by atoms with van der Waals surface area (Å²) in [5.74, 6) is 0.715. The Morgan fingerprint density at radius 2 is 0.918 bits per heavy atom. The van der Waals surface area contributed by atoms with Crippen molar-refractivity contribution in [3.8, 4) is 45.1 Å². The minimum absolute atomic E-state index is 0.715. The van der Waals surface area contributed by atoms with Crippen molar-refractivity contribution in [2.24, 2.45) is 0 Å². The van der Waals surface area contributed by atoms with E-state index in [1.807, 2.05) is 23.5 Å². The lowest BCUT2D eigenvalue weighted by Gasteiger charge is -2.12. The van der Waals surface area contributed by atoms with Gasteiger partial charge in [-0.1, -0.05) is 127 Å². The fourth-order valence-electron chi connectivity index (χ4n) is 9.52. The van der Waals surface area contributed by atoms with Crippen LogP contribution in [0.25, 0.3) is 120 Å². The van der Waals surface area contributed by atoms with E-state index in [1.54, 1.807) is 0 Å². The molecule has 13 rings (SSSR count). The van der Waals surface area contributed by atoms with Crippen LogP contribution in [0.5, 0.6) is 0 Å². The molecule has 0 aliphatic heterocycles. The molecule has 0 bridgehead atoms. The van der Waals surface area contributed by atoms with Crippen LogP contribution in [0.2, 0.25) is 0 Å². The van der Waals surface area contributed by atoms with E-state index in [0.717, 1.165) is 39.1 Å². The topological polar surface area (TPSA) is 35.6 Å². The van der Waals surface area contributed by atoms with Gasteiger partial charge in [0.25, 0.3) is 0 Å². The van der Waals surface area contributed by atoms with Gasteiger partial charge in [-0.05, 0) is 90.0 Å². The normalized spacial score (nSPS) is 11.9. The van der Waals surface area contributed by atoms with Crippen molar-refractivity contribution < 1.29 is 0 Å². The molecule has 0 spiro atoms. The van der Waals surface area contributed by atoms with Gasteiger partial charge < -0.3 is 9.13 Å². The summed E-state index contributed by atoms with van der Waals surface area (Å²) in [6, 6.07) is 74.3. The van der Waals surface area contributed by atoms with E-state index in [-0.39, 0.29) is 0 Å². The summed E-state index contributed by atoms with van der Waals surface area (Å²) in [5.41, 5.74) is 13.4. The van der Waals surface area contributed by atoms with Crippen LogP contribution >= 0.6 is 11.3 Å². The number of nitrogens with zero attached hydrogens (tertiary/aromatic N) is 4. The second kappa shape index (κ2) is 13.3. The zero-order valence-electron chi connectivity index (χ0n) is 32.8. The number of rotatable bonds is 5. The van der Waals surface area contributed by atoms with Gasteiger partial charge in [-0.3, -0.25) is 0 Å². The highest BCUT2D eigenvalue weighted by atomic mass is 32.1. The molecule has 61 heavy (non-hydrogen) atoms. The van der Waals surface area contributed by atoms with Gasteiger partial charge in [0.2, 0.25) is 0 Å². The molecule has 4 nitrogen and oxygen atoms in total. The van der Waals surface area contributed by atoms with Crippen LogP contribution in [0.15, 0.2) is 206 Å². The zero-order valence-corrected chi connectivity index (χ0v) is 33.6. The first kappa shape index (κ1) is 34.0. The highest BCUT2D eigenvalue weighted by Crippen LogP contribution is 2.44. The van der Waals surface area contributed by atoms with Gasteiger partial charge in [0.05, 0.1) is 38.0 Å². The van der Waals surface area contributed by atoms with Crippen molar-refractivity contribution in [1.29, 1.82) is 0 Å². The molecule has 0 atom stereocenters. The van der Waals surface area contributed by atoms with Crippen LogP contribution in [0.4, 0.5) is 0 Å². The van der Waals surface area contributed by atoms with Crippen molar-refractivity contribution >= 4 is 86.0 Å². The second-order valence-electron chi connectivity index (χ2n) is 15.7. The molecule has 0 saturated heterocycles. The van der Waals surface area contributed by atoms with Crippen molar-refractivity contribution in [3.63, 3.8) is 0 Å². The van der Waals surface area contributed by atoms with Crippen LogP contribution < -0.4 is 0 Å². The summed E-state index contributed by atoms with van der Waals surface area (Å²) >= 11 is 1.88. The molecule has 0 unspecified atom stereocenters. The monoisotopic (exact) mass is 794 g/mol. The lowest BCUT2D eigenvalue weighted by atomic mass is 10.0. The SMILES string of the molecule is c1ccc(-c2nc(-c3ccc(-n4c5ccc(-c6ccc7c(c6)c6ccccc6n7-c6ccccc6)cc5c5ccc6c7ccccc7sc6c54)cc3)nc3ccccc23)cc1. The Hall–Kier alpha value is -7.86. The Labute approximate surface area is 354 Å². The molecule has 5 heteroatoms. The minimum atomic E-state index is 0.715.